The van der Waals surface area contributed by atoms with Gasteiger partial charge in [-0.1, -0.05) is 74.2 Å². The molecule has 1 saturated heterocycles. The first-order chi connectivity index (χ1) is 21.6. The standard InChI is InChI=1S/C33H27F4N3O4S2/c1-32(2,3)18-9-7-17(8-10-18)24-25-26(29(43)40(28(25)42)22-6-4-5-19(15-22)33(35,36)37)45-30-27(24)46-31(44)39(30)16-23(41)38-21-13-11-20(34)12-14-21/h4-15,24-26H,16H2,1-3H3,(H,38,41)/t24-,25+,26-/m0/s1. The molecule has 7 nitrogen and oxygen atoms in total. The molecule has 13 heteroatoms. The lowest BCUT2D eigenvalue weighted by Crippen LogP contribution is -2.33. The predicted octanol–water partition coefficient (Wildman–Crippen LogP) is 6.80. The van der Waals surface area contributed by atoms with Crippen LogP contribution in [0.25, 0.3) is 0 Å². The number of halogens is 4. The molecular formula is C33H27F4N3O4S2. The number of anilines is 2. The molecule has 46 heavy (non-hydrogen) atoms. The van der Waals surface area contributed by atoms with Gasteiger partial charge in [-0.15, -0.1) is 0 Å². The number of fused-ring (bicyclic) bond motifs is 2. The van der Waals surface area contributed by atoms with E-state index in [4.69, 9.17) is 0 Å². The highest BCUT2D eigenvalue weighted by atomic mass is 32.2. The molecule has 3 aromatic carbocycles. The van der Waals surface area contributed by atoms with Crippen LogP contribution in [0.5, 0.6) is 0 Å². The zero-order valence-corrected chi connectivity index (χ0v) is 26.4. The first kappa shape index (κ1) is 31.7. The second-order valence-electron chi connectivity index (χ2n) is 12.2. The smallest absolute Gasteiger partial charge is 0.325 e. The third-order valence-corrected chi connectivity index (χ3v) is 10.7. The largest absolute Gasteiger partial charge is 0.416 e. The fraction of sp³-hybridized carbons (Fsp3) is 0.273. The van der Waals surface area contributed by atoms with Crippen molar-refractivity contribution in [3.05, 3.63) is 110 Å². The normalized spacial score (nSPS) is 19.6. The molecule has 3 atom stereocenters. The molecule has 3 amide bonds. The lowest BCUT2D eigenvalue weighted by atomic mass is 9.81. The molecule has 1 N–H and O–H groups in total. The molecule has 4 aromatic rings. The lowest BCUT2D eigenvalue weighted by Gasteiger charge is -2.31. The van der Waals surface area contributed by atoms with Crippen molar-refractivity contribution in [3.63, 3.8) is 0 Å². The number of carbonyl (C=O) groups excluding carboxylic acids is 3. The minimum Gasteiger partial charge on any atom is -0.325 e. The van der Waals surface area contributed by atoms with Gasteiger partial charge < -0.3 is 5.32 Å². The summed E-state index contributed by atoms with van der Waals surface area (Å²) in [6.07, 6.45) is -4.69. The summed E-state index contributed by atoms with van der Waals surface area (Å²) in [5.74, 6) is -4.21. The maximum atomic E-state index is 14.1. The van der Waals surface area contributed by atoms with Crippen molar-refractivity contribution in [1.29, 1.82) is 0 Å². The van der Waals surface area contributed by atoms with Gasteiger partial charge in [0.2, 0.25) is 17.7 Å². The topological polar surface area (TPSA) is 88.5 Å². The molecule has 3 heterocycles. The summed E-state index contributed by atoms with van der Waals surface area (Å²) in [7, 11) is 0. The van der Waals surface area contributed by atoms with Crippen molar-refractivity contribution in [2.75, 3.05) is 10.2 Å². The predicted molar refractivity (Wildman–Crippen MR) is 168 cm³/mol. The third-order valence-electron chi connectivity index (χ3n) is 8.05. The quantitative estimate of drug-likeness (QED) is 0.187. The van der Waals surface area contributed by atoms with E-state index in [-0.39, 0.29) is 11.1 Å². The lowest BCUT2D eigenvalue weighted by molar-refractivity contribution is -0.137. The molecule has 2 aliphatic rings. The van der Waals surface area contributed by atoms with Gasteiger partial charge in [0.1, 0.15) is 17.6 Å². The maximum Gasteiger partial charge on any atom is 0.416 e. The highest BCUT2D eigenvalue weighted by molar-refractivity contribution is 8.00. The number of aromatic nitrogens is 1. The van der Waals surface area contributed by atoms with E-state index in [1.54, 1.807) is 0 Å². The molecule has 0 aliphatic carbocycles. The number of thiazole rings is 1. The number of carbonyl (C=O) groups is 3. The Bertz CT molecular complexity index is 1910. The average Bonchev–Trinajstić information content (AvgIpc) is 3.43. The second kappa shape index (κ2) is 11.5. The van der Waals surface area contributed by atoms with Crippen LogP contribution < -0.4 is 15.1 Å². The van der Waals surface area contributed by atoms with E-state index in [9.17, 15) is 36.7 Å². The van der Waals surface area contributed by atoms with Gasteiger partial charge in [0.25, 0.3) is 0 Å². The Balaban J connectivity index is 1.42. The van der Waals surface area contributed by atoms with Crippen molar-refractivity contribution >= 4 is 52.2 Å². The third kappa shape index (κ3) is 5.77. The van der Waals surface area contributed by atoms with Crippen LogP contribution in [0.3, 0.4) is 0 Å². The molecule has 6 rings (SSSR count). The molecule has 0 bridgehead atoms. The first-order valence-electron chi connectivity index (χ1n) is 14.2. The molecule has 1 fully saturated rings. The Labute approximate surface area is 269 Å². The van der Waals surface area contributed by atoms with Crippen LogP contribution >= 0.6 is 23.1 Å². The summed E-state index contributed by atoms with van der Waals surface area (Å²) >= 11 is 1.82. The van der Waals surface area contributed by atoms with Crippen LogP contribution in [0.2, 0.25) is 0 Å². The van der Waals surface area contributed by atoms with Crippen molar-refractivity contribution in [3.8, 4) is 0 Å². The minimum absolute atomic E-state index is 0.180. The monoisotopic (exact) mass is 669 g/mol. The van der Waals surface area contributed by atoms with E-state index >= 15 is 0 Å². The van der Waals surface area contributed by atoms with Crippen LogP contribution in [0.4, 0.5) is 28.9 Å². The van der Waals surface area contributed by atoms with Crippen molar-refractivity contribution < 1.29 is 31.9 Å². The van der Waals surface area contributed by atoms with Crippen molar-refractivity contribution in [2.24, 2.45) is 5.92 Å². The van der Waals surface area contributed by atoms with E-state index in [0.29, 0.717) is 21.2 Å². The summed E-state index contributed by atoms with van der Waals surface area (Å²) in [6, 6.07) is 16.7. The van der Waals surface area contributed by atoms with Crippen molar-refractivity contribution in [2.45, 2.75) is 55.1 Å². The van der Waals surface area contributed by atoms with Gasteiger partial charge in [-0.2, -0.15) is 13.2 Å². The number of rotatable bonds is 5. The number of hydrogen-bond donors (Lipinski definition) is 1. The van der Waals surface area contributed by atoms with Crippen LogP contribution in [0.15, 0.2) is 82.6 Å². The number of imide groups is 1. The SMILES string of the molecule is CC(C)(C)c1ccc([C@@H]2c3sc(=O)n(CC(=O)Nc4ccc(F)cc4)c3S[C@@H]3C(=O)N(c4cccc(C(F)(F)F)c4)C(=O)[C@H]23)cc1. The number of benzene rings is 3. The number of thioether (sulfide) groups is 1. The van der Waals surface area contributed by atoms with E-state index in [0.717, 1.165) is 51.8 Å². The summed E-state index contributed by atoms with van der Waals surface area (Å²) in [6.45, 7) is 5.72. The number of alkyl halides is 3. The molecule has 0 spiro atoms. The number of nitrogens with one attached hydrogen (secondary N) is 1. The summed E-state index contributed by atoms with van der Waals surface area (Å²) in [4.78, 5) is 55.1. The highest BCUT2D eigenvalue weighted by Gasteiger charge is 2.57. The van der Waals surface area contributed by atoms with Crippen LogP contribution in [0, 0.1) is 11.7 Å². The maximum absolute atomic E-state index is 14.1. The Hall–Kier alpha value is -4.23. The Kier molecular flexibility index (Phi) is 7.96. The summed E-state index contributed by atoms with van der Waals surface area (Å²) in [5.41, 5.74) is 0.617. The number of hydrogen-bond acceptors (Lipinski definition) is 6. The molecule has 238 valence electrons. The van der Waals surface area contributed by atoms with Crippen LogP contribution in [0.1, 0.15) is 48.3 Å². The van der Waals surface area contributed by atoms with E-state index in [1.807, 2.05) is 45.0 Å². The van der Waals surface area contributed by atoms with Gasteiger partial charge >= 0.3 is 11.0 Å². The van der Waals surface area contributed by atoms with Gasteiger partial charge in [-0.25, -0.2) is 9.29 Å². The highest BCUT2D eigenvalue weighted by Crippen LogP contribution is 2.54. The zero-order valence-electron chi connectivity index (χ0n) is 24.7. The van der Waals surface area contributed by atoms with E-state index in [1.165, 1.54) is 34.9 Å². The van der Waals surface area contributed by atoms with Gasteiger partial charge in [0.05, 0.1) is 22.2 Å². The second-order valence-corrected chi connectivity index (χ2v) is 14.3. The number of amides is 3. The minimum atomic E-state index is -4.69. The Morgan fingerprint density at radius 3 is 2.20 bits per heavy atom. The molecule has 0 saturated carbocycles. The number of nitrogens with zero attached hydrogens (tertiary/aromatic N) is 2. The zero-order chi connectivity index (χ0) is 33.1. The molecule has 0 radical (unpaired) electrons. The van der Waals surface area contributed by atoms with Crippen molar-refractivity contribution in [1.82, 2.24) is 4.57 Å². The van der Waals surface area contributed by atoms with Crippen LogP contribution in [-0.2, 0) is 32.5 Å². The molecule has 2 aliphatic heterocycles. The molecular weight excluding hydrogens is 643 g/mol. The average molecular weight is 670 g/mol. The molecule has 1 aromatic heterocycles. The van der Waals surface area contributed by atoms with Crippen LogP contribution in [-0.4, -0.2) is 27.5 Å². The van der Waals surface area contributed by atoms with Gasteiger partial charge in [-0.3, -0.25) is 23.7 Å². The fourth-order valence-electron chi connectivity index (χ4n) is 5.76. The van der Waals surface area contributed by atoms with Gasteiger partial charge in [0, 0.05) is 16.5 Å². The van der Waals surface area contributed by atoms with Gasteiger partial charge in [0.15, 0.2) is 0 Å². The first-order valence-corrected chi connectivity index (χ1v) is 15.9. The summed E-state index contributed by atoms with van der Waals surface area (Å²) < 4.78 is 55.2. The Morgan fingerprint density at radius 2 is 1.57 bits per heavy atom. The van der Waals surface area contributed by atoms with Gasteiger partial charge in [-0.05, 0) is 59.0 Å². The van der Waals surface area contributed by atoms with E-state index < -0.39 is 63.8 Å². The Morgan fingerprint density at radius 1 is 0.891 bits per heavy atom. The molecule has 0 unspecified atom stereocenters. The van der Waals surface area contributed by atoms with E-state index in [2.05, 4.69) is 5.32 Å². The fourth-order valence-corrected chi connectivity index (χ4v) is 8.53. The summed E-state index contributed by atoms with van der Waals surface area (Å²) in [5, 5.41) is 1.89.